The third kappa shape index (κ3) is 3.89. The van der Waals surface area contributed by atoms with E-state index in [2.05, 4.69) is 5.32 Å². The number of carbonyl (C=O) groups excluding carboxylic acids is 2. The Kier molecular flexibility index (Phi) is 4.69. The summed E-state index contributed by atoms with van der Waals surface area (Å²) in [5.74, 6) is 1.39. The molecule has 0 saturated heterocycles. The van der Waals surface area contributed by atoms with E-state index in [1.165, 1.54) is 0 Å². The molecule has 2 heterocycles. The molecule has 0 unspecified atom stereocenters. The third-order valence-corrected chi connectivity index (χ3v) is 4.04. The van der Waals surface area contributed by atoms with Crippen LogP contribution in [0.5, 0.6) is 23.0 Å². The van der Waals surface area contributed by atoms with Crippen molar-refractivity contribution in [2.45, 2.75) is 6.54 Å². The van der Waals surface area contributed by atoms with Crippen LogP contribution < -0.4 is 24.3 Å². The zero-order valence-electron chi connectivity index (χ0n) is 14.4. The van der Waals surface area contributed by atoms with Crippen molar-refractivity contribution in [1.82, 2.24) is 5.32 Å². The van der Waals surface area contributed by atoms with E-state index in [9.17, 15) is 9.59 Å². The summed E-state index contributed by atoms with van der Waals surface area (Å²) in [6.45, 7) is 1.00. The maximum Gasteiger partial charge on any atom is 0.338 e. The van der Waals surface area contributed by atoms with E-state index in [0.717, 1.165) is 5.56 Å². The third-order valence-electron chi connectivity index (χ3n) is 4.04. The van der Waals surface area contributed by atoms with Crippen LogP contribution in [-0.4, -0.2) is 38.5 Å². The lowest BCUT2D eigenvalue weighted by molar-refractivity contribution is -0.124. The van der Waals surface area contributed by atoms with Gasteiger partial charge < -0.3 is 29.0 Å². The van der Waals surface area contributed by atoms with Crippen LogP contribution in [0.4, 0.5) is 0 Å². The van der Waals surface area contributed by atoms with Gasteiger partial charge in [-0.1, -0.05) is 6.07 Å². The second-order valence-electron chi connectivity index (χ2n) is 5.90. The SMILES string of the molecule is O=C(COC(=O)c1ccc2c(c1)OCCO2)NCc1ccc2c(c1)OCO2. The van der Waals surface area contributed by atoms with Gasteiger partial charge in [0.1, 0.15) is 13.2 Å². The van der Waals surface area contributed by atoms with Crippen molar-refractivity contribution in [2.24, 2.45) is 0 Å². The molecule has 2 aromatic carbocycles. The summed E-state index contributed by atoms with van der Waals surface area (Å²) < 4.78 is 26.4. The van der Waals surface area contributed by atoms with Gasteiger partial charge in [0, 0.05) is 6.54 Å². The van der Waals surface area contributed by atoms with Crippen molar-refractivity contribution in [1.29, 1.82) is 0 Å². The van der Waals surface area contributed by atoms with Crippen molar-refractivity contribution >= 4 is 11.9 Å². The Morgan fingerprint density at radius 1 is 0.889 bits per heavy atom. The van der Waals surface area contributed by atoms with Gasteiger partial charge in [0.15, 0.2) is 29.6 Å². The summed E-state index contributed by atoms with van der Waals surface area (Å²) in [5.41, 5.74) is 1.15. The molecule has 0 fully saturated rings. The Morgan fingerprint density at radius 3 is 2.48 bits per heavy atom. The van der Waals surface area contributed by atoms with E-state index in [0.29, 0.717) is 41.8 Å². The van der Waals surface area contributed by atoms with Gasteiger partial charge in [0.2, 0.25) is 6.79 Å². The molecule has 0 aromatic heterocycles. The highest BCUT2D eigenvalue weighted by Gasteiger charge is 2.17. The molecular weight excluding hydrogens is 354 g/mol. The summed E-state index contributed by atoms with van der Waals surface area (Å²) in [7, 11) is 0. The summed E-state index contributed by atoms with van der Waals surface area (Å²) >= 11 is 0. The standard InChI is InChI=1S/C19H17NO7/c21-18(20-9-12-1-3-15-16(7-12)27-11-26-15)10-25-19(22)13-2-4-14-17(8-13)24-6-5-23-14/h1-4,7-8H,5-6,9-11H2,(H,20,21). The maximum absolute atomic E-state index is 12.1. The average molecular weight is 371 g/mol. The molecule has 27 heavy (non-hydrogen) atoms. The largest absolute Gasteiger partial charge is 0.486 e. The highest BCUT2D eigenvalue weighted by Crippen LogP contribution is 2.32. The number of carbonyl (C=O) groups is 2. The van der Waals surface area contributed by atoms with Crippen molar-refractivity contribution in [2.75, 3.05) is 26.6 Å². The minimum Gasteiger partial charge on any atom is -0.486 e. The Balaban J connectivity index is 1.27. The van der Waals surface area contributed by atoms with Crippen LogP contribution in [0.1, 0.15) is 15.9 Å². The summed E-state index contributed by atoms with van der Waals surface area (Å²) in [6, 6.07) is 10.2. The number of amides is 1. The molecular formula is C19H17NO7. The predicted octanol–water partition coefficient (Wildman–Crippen LogP) is 1.66. The van der Waals surface area contributed by atoms with Gasteiger partial charge in [-0.15, -0.1) is 0 Å². The highest BCUT2D eigenvalue weighted by atomic mass is 16.7. The Labute approximate surface area is 154 Å². The number of esters is 1. The first-order valence-corrected chi connectivity index (χ1v) is 8.41. The van der Waals surface area contributed by atoms with E-state index < -0.39 is 11.9 Å². The van der Waals surface area contributed by atoms with E-state index in [-0.39, 0.29) is 19.9 Å². The molecule has 0 atom stereocenters. The van der Waals surface area contributed by atoms with Crippen LogP contribution in [0.3, 0.4) is 0 Å². The lowest BCUT2D eigenvalue weighted by atomic mass is 10.2. The first kappa shape index (κ1) is 17.0. The van der Waals surface area contributed by atoms with E-state index in [1.54, 1.807) is 30.3 Å². The quantitative estimate of drug-likeness (QED) is 0.799. The minimum absolute atomic E-state index is 0.195. The smallest absolute Gasteiger partial charge is 0.338 e. The van der Waals surface area contributed by atoms with E-state index in [4.69, 9.17) is 23.7 Å². The van der Waals surface area contributed by atoms with Gasteiger partial charge in [-0.2, -0.15) is 0 Å². The lowest BCUT2D eigenvalue weighted by Crippen LogP contribution is -2.28. The monoisotopic (exact) mass is 371 g/mol. The van der Waals surface area contributed by atoms with Crippen LogP contribution in [0.25, 0.3) is 0 Å². The predicted molar refractivity (Wildman–Crippen MR) is 92.1 cm³/mol. The first-order chi connectivity index (χ1) is 13.2. The molecule has 0 radical (unpaired) electrons. The fraction of sp³-hybridized carbons (Fsp3) is 0.263. The Hall–Kier alpha value is -3.42. The second-order valence-corrected chi connectivity index (χ2v) is 5.90. The number of benzene rings is 2. The first-order valence-electron chi connectivity index (χ1n) is 8.41. The molecule has 0 saturated carbocycles. The molecule has 1 amide bonds. The summed E-state index contributed by atoms with van der Waals surface area (Å²) in [6.07, 6.45) is 0. The van der Waals surface area contributed by atoms with Gasteiger partial charge in [0.25, 0.3) is 5.91 Å². The zero-order valence-corrected chi connectivity index (χ0v) is 14.4. The molecule has 2 aliphatic heterocycles. The van der Waals surface area contributed by atoms with Crippen molar-refractivity contribution in [3.63, 3.8) is 0 Å². The van der Waals surface area contributed by atoms with Gasteiger partial charge in [0.05, 0.1) is 5.56 Å². The Morgan fingerprint density at radius 2 is 1.59 bits per heavy atom. The van der Waals surface area contributed by atoms with Gasteiger partial charge in [-0.05, 0) is 35.9 Å². The van der Waals surface area contributed by atoms with Crippen LogP contribution in [0.2, 0.25) is 0 Å². The molecule has 4 rings (SSSR count). The number of nitrogens with one attached hydrogen (secondary N) is 1. The molecule has 140 valence electrons. The van der Waals surface area contributed by atoms with Crippen molar-refractivity contribution in [3.8, 4) is 23.0 Å². The summed E-state index contributed by atoms with van der Waals surface area (Å²) in [5, 5.41) is 2.69. The van der Waals surface area contributed by atoms with Crippen LogP contribution in [0.15, 0.2) is 36.4 Å². The number of hydrogen-bond acceptors (Lipinski definition) is 7. The van der Waals surface area contributed by atoms with Gasteiger partial charge in [-0.25, -0.2) is 4.79 Å². The van der Waals surface area contributed by atoms with E-state index >= 15 is 0 Å². The van der Waals surface area contributed by atoms with Crippen LogP contribution >= 0.6 is 0 Å². The number of rotatable bonds is 5. The molecule has 2 aromatic rings. The molecule has 8 nitrogen and oxygen atoms in total. The Bertz CT molecular complexity index is 880. The second kappa shape index (κ2) is 7.45. The lowest BCUT2D eigenvalue weighted by Gasteiger charge is -2.18. The zero-order chi connectivity index (χ0) is 18.6. The molecule has 0 spiro atoms. The highest BCUT2D eigenvalue weighted by molar-refractivity contribution is 5.92. The summed E-state index contributed by atoms with van der Waals surface area (Å²) in [4.78, 5) is 24.0. The van der Waals surface area contributed by atoms with E-state index in [1.807, 2.05) is 6.07 Å². The average Bonchev–Trinajstić information content (AvgIpc) is 3.18. The number of hydrogen-bond donors (Lipinski definition) is 1. The molecule has 2 aliphatic rings. The van der Waals surface area contributed by atoms with Crippen molar-refractivity contribution < 1.29 is 33.3 Å². The number of ether oxygens (including phenoxy) is 5. The van der Waals surface area contributed by atoms with Gasteiger partial charge >= 0.3 is 5.97 Å². The normalized spacial score (nSPS) is 13.8. The van der Waals surface area contributed by atoms with Crippen LogP contribution in [-0.2, 0) is 16.1 Å². The fourth-order valence-electron chi connectivity index (χ4n) is 2.69. The van der Waals surface area contributed by atoms with Crippen LogP contribution in [0, 0.1) is 0 Å². The maximum atomic E-state index is 12.1. The topological polar surface area (TPSA) is 92.3 Å². The molecule has 1 N–H and O–H groups in total. The number of fused-ring (bicyclic) bond motifs is 2. The molecule has 8 heteroatoms. The van der Waals surface area contributed by atoms with Crippen molar-refractivity contribution in [3.05, 3.63) is 47.5 Å². The fourth-order valence-corrected chi connectivity index (χ4v) is 2.69. The molecule has 0 bridgehead atoms. The molecule has 0 aliphatic carbocycles. The minimum atomic E-state index is -0.606. The van der Waals surface area contributed by atoms with Gasteiger partial charge in [-0.3, -0.25) is 4.79 Å².